The summed E-state index contributed by atoms with van der Waals surface area (Å²) in [5.74, 6) is 0.552. The van der Waals surface area contributed by atoms with Crippen LogP contribution in [0.1, 0.15) is 58.9 Å². The fourth-order valence-electron chi connectivity index (χ4n) is 3.14. The molecular weight excluding hydrogens is 471 g/mol. The van der Waals surface area contributed by atoms with Gasteiger partial charge in [-0.15, -0.1) is 0 Å². The lowest BCUT2D eigenvalue weighted by Gasteiger charge is -2.23. The molecule has 9 nitrogen and oxygen atoms in total. The van der Waals surface area contributed by atoms with Crippen molar-refractivity contribution >= 4 is 19.4 Å². The summed E-state index contributed by atoms with van der Waals surface area (Å²) in [5.41, 5.74) is 0.803. The van der Waals surface area contributed by atoms with Crippen molar-refractivity contribution in [2.24, 2.45) is 5.92 Å². The van der Waals surface area contributed by atoms with Crippen molar-refractivity contribution in [3.63, 3.8) is 0 Å². The van der Waals surface area contributed by atoms with Crippen molar-refractivity contribution in [3.05, 3.63) is 35.9 Å². The van der Waals surface area contributed by atoms with Crippen LogP contribution in [0.15, 0.2) is 30.4 Å². The van der Waals surface area contributed by atoms with E-state index in [1.54, 1.807) is 25.1 Å². The number of carbonyl (C=O) groups excluding carboxylic acids is 2. The van der Waals surface area contributed by atoms with Crippen LogP contribution in [0.2, 0.25) is 0 Å². The Balaban J connectivity index is 2.70. The number of allylic oxidation sites excluding steroid dienone is 2. The largest absolute Gasteiger partial charge is 0.493 e. The number of unbranched alkanes of at least 4 members (excludes halogenated alkanes) is 2. The highest BCUT2D eigenvalue weighted by atomic mass is 31.2. The molecule has 0 fully saturated rings. The lowest BCUT2D eigenvalue weighted by Crippen LogP contribution is -2.35. The Labute approximate surface area is 209 Å². The highest BCUT2D eigenvalue weighted by Gasteiger charge is 2.31. The van der Waals surface area contributed by atoms with Crippen molar-refractivity contribution in [1.82, 2.24) is 10.4 Å². The Morgan fingerprint density at radius 3 is 2.49 bits per heavy atom. The molecule has 0 heterocycles. The van der Waals surface area contributed by atoms with E-state index in [1.807, 2.05) is 0 Å². The van der Waals surface area contributed by atoms with Crippen LogP contribution < -0.4 is 19.7 Å². The number of benzene rings is 1. The molecule has 10 heteroatoms. The molecule has 1 amide bonds. The molecule has 35 heavy (non-hydrogen) atoms. The molecule has 0 aliphatic carbocycles. The van der Waals surface area contributed by atoms with Crippen molar-refractivity contribution in [3.8, 4) is 11.5 Å². The first kappa shape index (κ1) is 30.7. The summed E-state index contributed by atoms with van der Waals surface area (Å²) in [6.07, 6.45) is 7.33. The summed E-state index contributed by atoms with van der Waals surface area (Å²) >= 11 is 0. The summed E-state index contributed by atoms with van der Waals surface area (Å²) < 4.78 is 34.4. The predicted octanol–water partition coefficient (Wildman–Crippen LogP) is 4.80. The second-order valence-corrected chi connectivity index (χ2v) is 10.5. The van der Waals surface area contributed by atoms with Crippen LogP contribution in [-0.4, -0.2) is 45.1 Å². The van der Waals surface area contributed by atoms with E-state index in [0.29, 0.717) is 24.6 Å². The van der Waals surface area contributed by atoms with Crippen molar-refractivity contribution < 1.29 is 32.9 Å². The predicted molar refractivity (Wildman–Crippen MR) is 137 cm³/mol. The van der Waals surface area contributed by atoms with Gasteiger partial charge in [-0.25, -0.2) is 5.09 Å². The number of ether oxygens (including phenoxy) is 3. The molecule has 0 aromatic heterocycles. The summed E-state index contributed by atoms with van der Waals surface area (Å²) in [4.78, 5) is 24.1. The topological polar surface area (TPSA) is 112 Å². The molecule has 1 unspecified atom stereocenters. The van der Waals surface area contributed by atoms with Gasteiger partial charge >= 0.3 is 13.5 Å². The Hall–Kier alpha value is -2.35. The first-order valence-corrected chi connectivity index (χ1v) is 13.8. The third kappa shape index (κ3) is 12.3. The van der Waals surface area contributed by atoms with E-state index in [0.717, 1.165) is 24.8 Å². The molecule has 0 aliphatic rings. The van der Waals surface area contributed by atoms with Gasteiger partial charge in [0.2, 0.25) is 5.91 Å². The van der Waals surface area contributed by atoms with Gasteiger partial charge in [-0.3, -0.25) is 14.2 Å². The van der Waals surface area contributed by atoms with Crippen LogP contribution in [-0.2, 0) is 30.2 Å². The molecule has 0 saturated heterocycles. The van der Waals surface area contributed by atoms with Crippen molar-refractivity contribution in [2.45, 2.75) is 66.0 Å². The van der Waals surface area contributed by atoms with Crippen LogP contribution >= 0.6 is 7.52 Å². The second-order valence-electron chi connectivity index (χ2n) is 8.47. The third-order valence-corrected chi connectivity index (χ3v) is 6.71. The number of hydrogen-bond donors (Lipinski definition) is 2. The van der Waals surface area contributed by atoms with E-state index in [1.165, 1.54) is 21.1 Å². The average molecular weight is 513 g/mol. The number of amides is 1. The summed E-state index contributed by atoms with van der Waals surface area (Å²) in [6.45, 7) is 8.05. The molecule has 0 aliphatic heterocycles. The van der Waals surface area contributed by atoms with E-state index in [-0.39, 0.29) is 24.6 Å². The van der Waals surface area contributed by atoms with Gasteiger partial charge in [0.25, 0.3) is 0 Å². The standard InChI is InChI=1S/C25H41N2O7P/c1-7-33-25(29)20(4)27-35(30,18-31-5)34-22-15-14-21(16-23(22)32-6)17-26-24(28)13-11-9-8-10-12-19(2)3/h10,12,14-16,19-20H,7-9,11,13,17-18H2,1-6H3,(H,26,28)(H,27,30)/b12-10+/t20-,35?/m0/s1. The summed E-state index contributed by atoms with van der Waals surface area (Å²) in [5, 5.41) is 5.59. The first-order valence-electron chi connectivity index (χ1n) is 12.0. The first-order chi connectivity index (χ1) is 16.6. The smallest absolute Gasteiger partial charge is 0.342 e. The van der Waals surface area contributed by atoms with Gasteiger partial charge in [-0.1, -0.05) is 32.1 Å². The maximum absolute atomic E-state index is 13.3. The van der Waals surface area contributed by atoms with Gasteiger partial charge in [0, 0.05) is 20.1 Å². The lowest BCUT2D eigenvalue weighted by molar-refractivity contribution is -0.144. The summed E-state index contributed by atoms with van der Waals surface area (Å²) in [7, 11) is -0.762. The molecule has 0 radical (unpaired) electrons. The highest BCUT2D eigenvalue weighted by Crippen LogP contribution is 2.46. The van der Waals surface area contributed by atoms with Crippen LogP contribution in [0.25, 0.3) is 0 Å². The highest BCUT2D eigenvalue weighted by molar-refractivity contribution is 7.57. The van der Waals surface area contributed by atoms with Gasteiger partial charge in [0.05, 0.1) is 13.7 Å². The van der Waals surface area contributed by atoms with Crippen molar-refractivity contribution in [1.29, 1.82) is 0 Å². The Morgan fingerprint density at radius 2 is 1.86 bits per heavy atom. The zero-order valence-corrected chi connectivity index (χ0v) is 22.7. The lowest BCUT2D eigenvalue weighted by atomic mass is 10.1. The normalized spacial score (nSPS) is 13.9. The molecule has 0 saturated carbocycles. The monoisotopic (exact) mass is 512 g/mol. The molecular formula is C25H41N2O7P. The van der Waals surface area contributed by atoms with Crippen LogP contribution in [0.5, 0.6) is 11.5 Å². The Kier molecular flexibility index (Phi) is 14.3. The fourth-order valence-corrected chi connectivity index (χ4v) is 4.82. The minimum absolute atomic E-state index is 0.0149. The van der Waals surface area contributed by atoms with Crippen molar-refractivity contribution in [2.75, 3.05) is 27.2 Å². The van der Waals surface area contributed by atoms with Gasteiger partial charge in [0.1, 0.15) is 12.4 Å². The van der Waals surface area contributed by atoms with E-state index >= 15 is 0 Å². The SMILES string of the molecule is CCOC(=O)[C@H](C)NP(=O)(COC)Oc1ccc(CNC(=O)CCCC/C=C/C(C)C)cc1OC. The number of esters is 1. The maximum atomic E-state index is 13.3. The molecule has 1 aromatic carbocycles. The summed E-state index contributed by atoms with van der Waals surface area (Å²) in [6, 6.07) is 4.21. The number of hydrogen-bond acceptors (Lipinski definition) is 7. The van der Waals surface area contributed by atoms with E-state index in [9.17, 15) is 14.2 Å². The zero-order chi connectivity index (χ0) is 26.3. The molecule has 0 bridgehead atoms. The zero-order valence-electron chi connectivity index (χ0n) is 21.8. The van der Waals surface area contributed by atoms with Crippen LogP contribution in [0.4, 0.5) is 0 Å². The van der Waals surface area contributed by atoms with E-state index < -0.39 is 19.5 Å². The Morgan fingerprint density at radius 1 is 1.11 bits per heavy atom. The molecule has 0 spiro atoms. The molecule has 198 valence electrons. The number of nitrogens with one attached hydrogen (secondary N) is 2. The quantitative estimate of drug-likeness (QED) is 0.132. The van der Waals surface area contributed by atoms with Crippen LogP contribution in [0.3, 0.4) is 0 Å². The molecule has 1 rings (SSSR count). The average Bonchev–Trinajstić information content (AvgIpc) is 2.80. The van der Waals surface area contributed by atoms with E-state index in [2.05, 4.69) is 36.4 Å². The number of methoxy groups -OCH3 is 2. The number of rotatable bonds is 17. The van der Waals surface area contributed by atoms with Gasteiger partial charge < -0.3 is 24.1 Å². The maximum Gasteiger partial charge on any atom is 0.342 e. The van der Waals surface area contributed by atoms with Gasteiger partial charge in [-0.05, 0) is 56.7 Å². The fraction of sp³-hybridized carbons (Fsp3) is 0.600. The molecule has 2 N–H and O–H groups in total. The van der Waals surface area contributed by atoms with Gasteiger partial charge in [0.15, 0.2) is 11.5 Å². The number of carbonyl (C=O) groups is 2. The second kappa shape index (κ2) is 16.3. The van der Waals surface area contributed by atoms with Gasteiger partial charge in [-0.2, -0.15) is 0 Å². The van der Waals surface area contributed by atoms with E-state index in [4.69, 9.17) is 18.7 Å². The Bertz CT molecular complexity index is 873. The van der Waals surface area contributed by atoms with Crippen LogP contribution in [0, 0.1) is 5.92 Å². The minimum atomic E-state index is -3.62. The minimum Gasteiger partial charge on any atom is -0.493 e. The third-order valence-electron chi connectivity index (χ3n) is 4.84. The molecule has 2 atom stereocenters. The molecule has 1 aromatic rings.